The lowest BCUT2D eigenvalue weighted by Gasteiger charge is -1.92. The molecule has 0 radical (unpaired) electrons. The van der Waals surface area contributed by atoms with Crippen molar-refractivity contribution in [2.75, 3.05) is 6.26 Å². The van der Waals surface area contributed by atoms with E-state index in [1.807, 2.05) is 17.7 Å². The maximum Gasteiger partial charge on any atom is 0.161 e. The van der Waals surface area contributed by atoms with E-state index < -0.39 is 0 Å². The van der Waals surface area contributed by atoms with Gasteiger partial charge in [0.05, 0.1) is 4.21 Å². The van der Waals surface area contributed by atoms with E-state index in [1.54, 1.807) is 30.0 Å². The van der Waals surface area contributed by atoms with Crippen LogP contribution in [0.25, 0.3) is 0 Å². The maximum atomic E-state index is 10.9. The first kappa shape index (κ1) is 7.82. The first-order chi connectivity index (χ1) is 4.75. The molecule has 54 valence electrons. The van der Waals surface area contributed by atoms with Crippen LogP contribution < -0.4 is 0 Å². The quantitative estimate of drug-likeness (QED) is 0.504. The van der Waals surface area contributed by atoms with E-state index in [4.69, 9.17) is 0 Å². The zero-order valence-electron chi connectivity index (χ0n) is 5.88. The van der Waals surface area contributed by atoms with E-state index in [0.29, 0.717) is 0 Å². The standard InChI is InChI=1S/C7H8OS2/c1-5(8)6-3-4-10-7(6)9-2/h3-4H,1-2H3. The summed E-state index contributed by atoms with van der Waals surface area (Å²) in [4.78, 5) is 10.9. The zero-order valence-corrected chi connectivity index (χ0v) is 7.51. The number of hydrogen-bond acceptors (Lipinski definition) is 3. The molecule has 3 heteroatoms. The normalized spacial score (nSPS) is 9.80. The molecule has 0 fully saturated rings. The molecule has 0 N–H and O–H groups in total. The van der Waals surface area contributed by atoms with Crippen LogP contribution in [0.5, 0.6) is 0 Å². The molecule has 1 aromatic heterocycles. The van der Waals surface area contributed by atoms with E-state index in [1.165, 1.54) is 0 Å². The Labute approximate surface area is 68.5 Å². The van der Waals surface area contributed by atoms with E-state index in [9.17, 15) is 4.79 Å². The van der Waals surface area contributed by atoms with Crippen LogP contribution >= 0.6 is 23.1 Å². The first-order valence-corrected chi connectivity index (χ1v) is 4.98. The van der Waals surface area contributed by atoms with Crippen molar-refractivity contribution in [1.82, 2.24) is 0 Å². The molecule has 1 nitrogen and oxygen atoms in total. The molecule has 0 saturated heterocycles. The third-order valence-electron chi connectivity index (χ3n) is 1.19. The number of ketones is 1. The topological polar surface area (TPSA) is 17.1 Å². The van der Waals surface area contributed by atoms with Gasteiger partial charge in [0.15, 0.2) is 5.78 Å². The highest BCUT2D eigenvalue weighted by Gasteiger charge is 2.05. The molecule has 0 amide bonds. The lowest BCUT2D eigenvalue weighted by Crippen LogP contribution is -1.88. The van der Waals surface area contributed by atoms with Crippen molar-refractivity contribution in [1.29, 1.82) is 0 Å². The molecule has 0 aromatic carbocycles. The molecule has 0 saturated carbocycles. The predicted octanol–water partition coefficient (Wildman–Crippen LogP) is 2.67. The van der Waals surface area contributed by atoms with Gasteiger partial charge in [-0.3, -0.25) is 4.79 Å². The van der Waals surface area contributed by atoms with Gasteiger partial charge in [-0.15, -0.1) is 23.1 Å². The minimum Gasteiger partial charge on any atom is -0.294 e. The highest BCUT2D eigenvalue weighted by atomic mass is 32.2. The number of thiophene rings is 1. The molecule has 0 aliphatic heterocycles. The highest BCUT2D eigenvalue weighted by Crippen LogP contribution is 2.26. The molecule has 0 aliphatic rings. The van der Waals surface area contributed by atoms with Gasteiger partial charge in [-0.2, -0.15) is 0 Å². The van der Waals surface area contributed by atoms with E-state index in [2.05, 4.69) is 0 Å². The predicted molar refractivity (Wildman–Crippen MR) is 46.1 cm³/mol. The first-order valence-electron chi connectivity index (χ1n) is 2.88. The SMILES string of the molecule is CSc1sccc1C(C)=O. The summed E-state index contributed by atoms with van der Waals surface area (Å²) in [7, 11) is 0. The van der Waals surface area contributed by atoms with Crippen LogP contribution in [0, 0.1) is 0 Å². The average Bonchev–Trinajstić information content (AvgIpc) is 2.33. The van der Waals surface area contributed by atoms with E-state index in [0.717, 1.165) is 9.77 Å². The molecule has 0 aliphatic carbocycles. The second kappa shape index (κ2) is 3.21. The van der Waals surface area contributed by atoms with Gasteiger partial charge in [-0.25, -0.2) is 0 Å². The Hall–Kier alpha value is -0.280. The summed E-state index contributed by atoms with van der Waals surface area (Å²) >= 11 is 3.25. The second-order valence-electron chi connectivity index (χ2n) is 1.88. The lowest BCUT2D eigenvalue weighted by atomic mass is 10.2. The summed E-state index contributed by atoms with van der Waals surface area (Å²) in [6.45, 7) is 1.60. The van der Waals surface area contributed by atoms with Crippen LogP contribution in [0.2, 0.25) is 0 Å². The molecule has 0 unspecified atom stereocenters. The third-order valence-corrected chi connectivity index (χ3v) is 3.28. The monoisotopic (exact) mass is 172 g/mol. The number of hydrogen-bond donors (Lipinski definition) is 0. The van der Waals surface area contributed by atoms with Crippen LogP contribution in [-0.4, -0.2) is 12.0 Å². The molecular formula is C7H8OS2. The van der Waals surface area contributed by atoms with Crippen molar-refractivity contribution in [3.8, 4) is 0 Å². The number of carbonyl (C=O) groups is 1. The fourth-order valence-electron chi connectivity index (χ4n) is 0.715. The van der Waals surface area contributed by atoms with Crippen LogP contribution in [0.4, 0.5) is 0 Å². The van der Waals surface area contributed by atoms with Gasteiger partial charge in [-0.05, 0) is 24.6 Å². The Morgan fingerprint density at radius 1 is 1.70 bits per heavy atom. The summed E-state index contributed by atoms with van der Waals surface area (Å²) in [5, 5.41) is 1.95. The molecule has 0 spiro atoms. The number of rotatable bonds is 2. The van der Waals surface area contributed by atoms with Crippen LogP contribution in [0.3, 0.4) is 0 Å². The van der Waals surface area contributed by atoms with Gasteiger partial charge in [0, 0.05) is 5.56 Å². The van der Waals surface area contributed by atoms with E-state index in [-0.39, 0.29) is 5.78 Å². The second-order valence-corrected chi connectivity index (χ2v) is 3.87. The fraction of sp³-hybridized carbons (Fsp3) is 0.286. The van der Waals surface area contributed by atoms with Crippen molar-refractivity contribution in [3.63, 3.8) is 0 Å². The molecule has 0 bridgehead atoms. The van der Waals surface area contributed by atoms with E-state index >= 15 is 0 Å². The maximum absolute atomic E-state index is 10.9. The Kier molecular flexibility index (Phi) is 2.51. The summed E-state index contributed by atoms with van der Waals surface area (Å²) in [6, 6.07) is 1.87. The Morgan fingerprint density at radius 2 is 2.40 bits per heavy atom. The molecule has 1 aromatic rings. The molecule has 0 atom stereocenters. The molecule has 1 rings (SSSR count). The summed E-state index contributed by atoms with van der Waals surface area (Å²) in [5.41, 5.74) is 0.859. The summed E-state index contributed by atoms with van der Waals surface area (Å²) in [5.74, 6) is 0.158. The fourth-order valence-corrected chi connectivity index (χ4v) is 2.36. The van der Waals surface area contributed by atoms with Crippen molar-refractivity contribution < 1.29 is 4.79 Å². The van der Waals surface area contributed by atoms with Crippen LogP contribution in [0.15, 0.2) is 15.7 Å². The van der Waals surface area contributed by atoms with Crippen molar-refractivity contribution in [2.24, 2.45) is 0 Å². The lowest BCUT2D eigenvalue weighted by molar-refractivity contribution is 0.101. The Bertz CT molecular complexity index is 240. The third kappa shape index (κ3) is 1.41. The van der Waals surface area contributed by atoms with Gasteiger partial charge >= 0.3 is 0 Å². The minimum atomic E-state index is 0.158. The van der Waals surface area contributed by atoms with Crippen LogP contribution in [-0.2, 0) is 0 Å². The minimum absolute atomic E-state index is 0.158. The average molecular weight is 172 g/mol. The molecular weight excluding hydrogens is 164 g/mol. The van der Waals surface area contributed by atoms with Gasteiger partial charge in [-0.1, -0.05) is 0 Å². The summed E-state index contributed by atoms with van der Waals surface area (Å²) < 4.78 is 1.12. The van der Waals surface area contributed by atoms with Gasteiger partial charge in [0.2, 0.25) is 0 Å². The van der Waals surface area contributed by atoms with Crippen molar-refractivity contribution in [3.05, 3.63) is 17.0 Å². The zero-order chi connectivity index (χ0) is 7.56. The Balaban J connectivity index is 3.01. The number of thioether (sulfide) groups is 1. The smallest absolute Gasteiger partial charge is 0.161 e. The number of Topliss-reactive ketones (excluding diaryl/α,β-unsaturated/α-hetero) is 1. The van der Waals surface area contributed by atoms with Gasteiger partial charge < -0.3 is 0 Å². The summed E-state index contributed by atoms with van der Waals surface area (Å²) in [6.07, 6.45) is 1.98. The van der Waals surface area contributed by atoms with Crippen molar-refractivity contribution in [2.45, 2.75) is 11.1 Å². The molecule has 1 heterocycles. The largest absolute Gasteiger partial charge is 0.294 e. The highest BCUT2D eigenvalue weighted by molar-refractivity contribution is 8.00. The number of carbonyl (C=O) groups excluding carboxylic acids is 1. The van der Waals surface area contributed by atoms with Crippen LogP contribution in [0.1, 0.15) is 17.3 Å². The van der Waals surface area contributed by atoms with Crippen molar-refractivity contribution >= 4 is 28.9 Å². The molecule has 10 heavy (non-hydrogen) atoms. The van der Waals surface area contributed by atoms with Gasteiger partial charge in [0.25, 0.3) is 0 Å². The van der Waals surface area contributed by atoms with Gasteiger partial charge in [0.1, 0.15) is 0 Å². The Morgan fingerprint density at radius 3 is 2.80 bits per heavy atom.